The van der Waals surface area contributed by atoms with Gasteiger partial charge < -0.3 is 9.84 Å². The Labute approximate surface area is 53.0 Å². The molecule has 9 heavy (non-hydrogen) atoms. The summed E-state index contributed by atoms with van der Waals surface area (Å²) in [7, 11) is 0. The van der Waals surface area contributed by atoms with E-state index >= 15 is 0 Å². The average Bonchev–Trinajstić information content (AvgIpc) is 2.33. The van der Waals surface area contributed by atoms with Gasteiger partial charge in [0.1, 0.15) is 0 Å². The molecule has 0 spiro atoms. The van der Waals surface area contributed by atoms with E-state index in [0.29, 0.717) is 0 Å². The number of hydrogen-bond acceptors (Lipinski definition) is 3. The van der Waals surface area contributed by atoms with Crippen molar-refractivity contribution in [1.82, 2.24) is 10.5 Å². The van der Waals surface area contributed by atoms with Crippen LogP contribution in [0.1, 0.15) is 11.3 Å². The van der Waals surface area contributed by atoms with Gasteiger partial charge in [0.05, 0.1) is 5.69 Å². The van der Waals surface area contributed by atoms with Crippen molar-refractivity contribution in [2.75, 3.05) is 6.54 Å². The zero-order chi connectivity index (χ0) is 6.10. The van der Waals surface area contributed by atoms with Crippen LogP contribution < -0.4 is 5.32 Å². The third-order valence-corrected chi connectivity index (χ3v) is 1.51. The summed E-state index contributed by atoms with van der Waals surface area (Å²) in [6.45, 7) is 1.87. The van der Waals surface area contributed by atoms with Gasteiger partial charge in [0, 0.05) is 25.1 Å². The van der Waals surface area contributed by atoms with Crippen LogP contribution in [0.2, 0.25) is 0 Å². The molecule has 0 aliphatic carbocycles. The summed E-state index contributed by atoms with van der Waals surface area (Å²) in [6.07, 6.45) is 3.68. The van der Waals surface area contributed by atoms with Crippen LogP contribution in [0.15, 0.2) is 4.52 Å². The highest BCUT2D eigenvalue weighted by Crippen LogP contribution is 2.08. The first-order chi connectivity index (χ1) is 4.47. The van der Waals surface area contributed by atoms with E-state index in [2.05, 4.69) is 21.3 Å². The summed E-state index contributed by atoms with van der Waals surface area (Å²) < 4.78 is 4.65. The normalized spacial score (nSPS) is 17.3. The van der Waals surface area contributed by atoms with Crippen LogP contribution in [0, 0.1) is 6.26 Å². The molecule has 3 nitrogen and oxygen atoms in total. The molecule has 1 radical (unpaired) electrons. The minimum Gasteiger partial charge on any atom is -0.352 e. The van der Waals surface area contributed by atoms with Crippen molar-refractivity contribution < 1.29 is 4.52 Å². The van der Waals surface area contributed by atoms with Crippen LogP contribution >= 0.6 is 0 Å². The van der Waals surface area contributed by atoms with E-state index < -0.39 is 0 Å². The number of rotatable bonds is 0. The van der Waals surface area contributed by atoms with Gasteiger partial charge in [0.15, 0.2) is 0 Å². The number of fused-ring (bicyclic) bond motifs is 1. The van der Waals surface area contributed by atoms with Gasteiger partial charge in [-0.2, -0.15) is 0 Å². The molecule has 1 aliphatic heterocycles. The second-order valence-electron chi connectivity index (χ2n) is 2.14. The first-order valence-corrected chi connectivity index (χ1v) is 3.02. The molecule has 0 saturated carbocycles. The van der Waals surface area contributed by atoms with Crippen molar-refractivity contribution in [2.24, 2.45) is 0 Å². The Bertz CT molecular complexity index is 186. The first-order valence-electron chi connectivity index (χ1n) is 3.02. The molecule has 0 atom stereocenters. The molecule has 0 saturated heterocycles. The zero-order valence-corrected chi connectivity index (χ0v) is 4.98. The fourth-order valence-corrected chi connectivity index (χ4v) is 1.00. The van der Waals surface area contributed by atoms with Gasteiger partial charge in [0.25, 0.3) is 0 Å². The Hall–Kier alpha value is -0.830. The number of nitrogens with one attached hydrogen (secondary N) is 1. The molecular weight excluding hydrogens is 116 g/mol. The SMILES string of the molecule is [c]1onc2c1CNCC2. The number of nitrogens with zero attached hydrogens (tertiary/aromatic N) is 1. The van der Waals surface area contributed by atoms with Gasteiger partial charge in [0.2, 0.25) is 6.26 Å². The highest BCUT2D eigenvalue weighted by Gasteiger charge is 2.11. The quantitative estimate of drug-likeness (QED) is 0.532. The van der Waals surface area contributed by atoms with Crippen molar-refractivity contribution in [1.29, 1.82) is 0 Å². The molecule has 0 bridgehead atoms. The predicted molar refractivity (Wildman–Crippen MR) is 30.7 cm³/mol. The second-order valence-corrected chi connectivity index (χ2v) is 2.14. The highest BCUT2D eigenvalue weighted by molar-refractivity contribution is 5.15. The molecule has 47 valence electrons. The summed E-state index contributed by atoms with van der Waals surface area (Å²) >= 11 is 0. The van der Waals surface area contributed by atoms with Gasteiger partial charge in [-0.05, 0) is 0 Å². The topological polar surface area (TPSA) is 38.1 Å². The molecule has 1 aliphatic rings. The van der Waals surface area contributed by atoms with Crippen molar-refractivity contribution >= 4 is 0 Å². The first kappa shape index (κ1) is 4.99. The third kappa shape index (κ3) is 0.733. The van der Waals surface area contributed by atoms with E-state index in [4.69, 9.17) is 0 Å². The molecule has 2 heterocycles. The fraction of sp³-hybridized carbons (Fsp3) is 0.500. The van der Waals surface area contributed by atoms with E-state index in [1.807, 2.05) is 0 Å². The van der Waals surface area contributed by atoms with Crippen molar-refractivity contribution in [3.63, 3.8) is 0 Å². The van der Waals surface area contributed by atoms with Crippen molar-refractivity contribution in [2.45, 2.75) is 13.0 Å². The Balaban J connectivity index is 2.39. The van der Waals surface area contributed by atoms with Crippen LogP contribution in [0.3, 0.4) is 0 Å². The molecule has 2 rings (SSSR count). The molecule has 0 fully saturated rings. The molecule has 3 heteroatoms. The van der Waals surface area contributed by atoms with Gasteiger partial charge in [-0.1, -0.05) is 5.16 Å². The van der Waals surface area contributed by atoms with Gasteiger partial charge >= 0.3 is 0 Å². The van der Waals surface area contributed by atoms with Crippen LogP contribution in [-0.4, -0.2) is 11.7 Å². The summed E-state index contributed by atoms with van der Waals surface area (Å²) in [5, 5.41) is 6.98. The fourth-order valence-electron chi connectivity index (χ4n) is 1.00. The van der Waals surface area contributed by atoms with E-state index in [9.17, 15) is 0 Å². The maximum absolute atomic E-state index is 4.65. The Kier molecular flexibility index (Phi) is 1.02. The lowest BCUT2D eigenvalue weighted by Gasteiger charge is -2.07. The third-order valence-electron chi connectivity index (χ3n) is 1.51. The Morgan fingerprint density at radius 3 is 3.56 bits per heavy atom. The van der Waals surface area contributed by atoms with E-state index in [-0.39, 0.29) is 0 Å². The summed E-state index contributed by atoms with van der Waals surface area (Å²) in [5.41, 5.74) is 2.15. The van der Waals surface area contributed by atoms with Crippen LogP contribution in [0.25, 0.3) is 0 Å². The Morgan fingerprint density at radius 1 is 1.67 bits per heavy atom. The second kappa shape index (κ2) is 1.84. The molecular formula is C6H7N2O. The van der Waals surface area contributed by atoms with Gasteiger partial charge in [-0.25, -0.2) is 0 Å². The van der Waals surface area contributed by atoms with Gasteiger partial charge in [-0.15, -0.1) is 0 Å². The monoisotopic (exact) mass is 123 g/mol. The average molecular weight is 123 g/mol. The lowest BCUT2D eigenvalue weighted by molar-refractivity contribution is 0.405. The zero-order valence-electron chi connectivity index (χ0n) is 4.98. The number of aromatic nitrogens is 1. The lowest BCUT2D eigenvalue weighted by atomic mass is 10.1. The smallest absolute Gasteiger partial charge is 0.210 e. The van der Waals surface area contributed by atoms with E-state index in [0.717, 1.165) is 30.8 Å². The van der Waals surface area contributed by atoms with Gasteiger partial charge in [-0.3, -0.25) is 0 Å². The Morgan fingerprint density at radius 2 is 2.67 bits per heavy atom. The number of hydrogen-bond donors (Lipinski definition) is 1. The minimum atomic E-state index is 0.860. The molecule has 1 aromatic rings. The standard InChI is InChI=1S/C6H7N2O/c1-2-7-3-5-4-9-8-6(1)5/h7H,1-3H2. The van der Waals surface area contributed by atoms with E-state index in [1.54, 1.807) is 0 Å². The minimum absolute atomic E-state index is 0.860. The molecule has 1 N–H and O–H groups in total. The highest BCUT2D eigenvalue weighted by atomic mass is 16.5. The maximum atomic E-state index is 4.65. The molecule has 0 amide bonds. The molecule has 1 aromatic heterocycles. The van der Waals surface area contributed by atoms with Crippen LogP contribution in [-0.2, 0) is 13.0 Å². The van der Waals surface area contributed by atoms with E-state index in [1.165, 1.54) is 0 Å². The predicted octanol–water partition coefficient (Wildman–Crippen LogP) is 0.120. The van der Waals surface area contributed by atoms with Crippen LogP contribution in [0.5, 0.6) is 0 Å². The summed E-state index contributed by atoms with van der Waals surface area (Å²) in [5.74, 6) is 0. The van der Waals surface area contributed by atoms with Crippen molar-refractivity contribution in [3.8, 4) is 0 Å². The largest absolute Gasteiger partial charge is 0.352 e. The summed E-state index contributed by atoms with van der Waals surface area (Å²) in [4.78, 5) is 0. The molecule has 0 aromatic carbocycles. The summed E-state index contributed by atoms with van der Waals surface area (Å²) in [6, 6.07) is 0. The van der Waals surface area contributed by atoms with Crippen LogP contribution in [0.4, 0.5) is 0 Å². The van der Waals surface area contributed by atoms with Crippen molar-refractivity contribution in [3.05, 3.63) is 17.5 Å². The maximum Gasteiger partial charge on any atom is 0.210 e. The lowest BCUT2D eigenvalue weighted by Crippen LogP contribution is -2.22. The molecule has 0 unspecified atom stereocenters.